The Morgan fingerprint density at radius 3 is 1.41 bits per heavy atom. The van der Waals surface area contributed by atoms with E-state index in [1.807, 2.05) is 65.8 Å². The van der Waals surface area contributed by atoms with Crippen LogP contribution in [0.5, 0.6) is 0 Å². The van der Waals surface area contributed by atoms with Crippen LogP contribution in [0.1, 0.15) is 99.1 Å². The van der Waals surface area contributed by atoms with Gasteiger partial charge in [-0.05, 0) is 34.3 Å². The summed E-state index contributed by atoms with van der Waals surface area (Å²) in [5.74, 6) is -1.02. The lowest BCUT2D eigenvalue weighted by atomic mass is 9.92. The zero-order chi connectivity index (χ0) is 27.8. The molecule has 2 rings (SSSR count). The summed E-state index contributed by atoms with van der Waals surface area (Å²) in [5.41, 5.74) is 2.78. The number of hydrogen-bond donors (Lipinski definition) is 0. The molecule has 0 fully saturated rings. The third kappa shape index (κ3) is 11.1. The van der Waals surface area contributed by atoms with Crippen LogP contribution < -0.4 is 0 Å². The molecule has 0 bridgehead atoms. The summed E-state index contributed by atoms with van der Waals surface area (Å²) >= 11 is 0. The fourth-order valence-electron chi connectivity index (χ4n) is 3.72. The zero-order valence-electron chi connectivity index (χ0n) is 23.2. The smallest absolute Gasteiger partial charge is 0.306 e. The van der Waals surface area contributed by atoms with Gasteiger partial charge in [0.25, 0.3) is 0 Å². The van der Waals surface area contributed by atoms with E-state index in [-0.39, 0.29) is 66.3 Å². The molecule has 2 aromatic carbocycles. The van der Waals surface area contributed by atoms with Gasteiger partial charge in [-0.1, -0.05) is 97.0 Å². The van der Waals surface area contributed by atoms with Crippen LogP contribution in [0.15, 0.2) is 48.5 Å². The van der Waals surface area contributed by atoms with E-state index < -0.39 is 0 Å². The highest BCUT2D eigenvalue weighted by Gasteiger charge is 2.20. The quantitative estimate of drug-likeness (QED) is 0.259. The number of carbonyl (C=O) groups is 4. The normalized spacial score (nSPS) is 12.5. The summed E-state index contributed by atoms with van der Waals surface area (Å²) in [5, 5.41) is 0. The first-order valence-electron chi connectivity index (χ1n) is 12.7. The maximum absolute atomic E-state index is 12.4. The lowest BCUT2D eigenvalue weighted by Gasteiger charge is -2.16. The van der Waals surface area contributed by atoms with Gasteiger partial charge in [0.1, 0.15) is 0 Å². The standard InChI is InChI=1S/C31H40O6/c1-21(23-12-14-25(15-13-23)27(33)20-37-29(35)18-31(5,6)7)16-22-8-10-24(11-9-22)26(32)19-36-28(34)17-30(2,3)4/h8-15,21H,16-20H2,1-7H3/t21-/m0/s1. The molecular weight excluding hydrogens is 468 g/mol. The van der Waals surface area contributed by atoms with Crippen LogP contribution in [0.2, 0.25) is 0 Å². The molecule has 0 saturated carbocycles. The van der Waals surface area contributed by atoms with Crippen molar-refractivity contribution in [1.29, 1.82) is 0 Å². The minimum Gasteiger partial charge on any atom is -0.457 e. The summed E-state index contributed by atoms with van der Waals surface area (Å²) in [6.45, 7) is 13.2. The average molecular weight is 509 g/mol. The van der Waals surface area contributed by atoms with Crippen LogP contribution in [0.4, 0.5) is 0 Å². The van der Waals surface area contributed by atoms with Crippen molar-refractivity contribution >= 4 is 23.5 Å². The lowest BCUT2D eigenvalue weighted by molar-refractivity contribution is -0.145. The van der Waals surface area contributed by atoms with Gasteiger partial charge < -0.3 is 9.47 Å². The molecule has 0 heterocycles. The summed E-state index contributed by atoms with van der Waals surface area (Å²) in [6.07, 6.45) is 1.28. The number of esters is 2. The monoisotopic (exact) mass is 508 g/mol. The van der Waals surface area contributed by atoms with Gasteiger partial charge >= 0.3 is 11.9 Å². The molecule has 0 aliphatic carbocycles. The molecule has 0 saturated heterocycles. The maximum atomic E-state index is 12.4. The number of hydrogen-bond acceptors (Lipinski definition) is 6. The summed E-state index contributed by atoms with van der Waals surface area (Å²) < 4.78 is 10.2. The Hall–Kier alpha value is -3.28. The van der Waals surface area contributed by atoms with Gasteiger partial charge in [-0.3, -0.25) is 19.2 Å². The second kappa shape index (κ2) is 12.8. The predicted octanol–water partition coefficient (Wildman–Crippen LogP) is 6.36. The predicted molar refractivity (Wildman–Crippen MR) is 144 cm³/mol. The SMILES string of the molecule is C[C@@H](Cc1ccc(C(=O)COC(=O)CC(C)(C)C)cc1)c1ccc(C(=O)COC(=O)CC(C)(C)C)cc1. The minimum absolute atomic E-state index is 0.185. The number of Topliss-reactive ketones (excluding diaryl/α,β-unsaturated/α-hetero) is 2. The van der Waals surface area contributed by atoms with E-state index in [0.29, 0.717) is 11.1 Å². The highest BCUT2D eigenvalue weighted by Crippen LogP contribution is 2.23. The van der Waals surface area contributed by atoms with E-state index in [0.717, 1.165) is 17.5 Å². The van der Waals surface area contributed by atoms with Gasteiger partial charge in [0.15, 0.2) is 24.8 Å². The molecule has 0 amide bonds. The molecule has 2 aromatic rings. The number of ether oxygens (including phenoxy) is 2. The Bertz CT molecular complexity index is 1080. The van der Waals surface area contributed by atoms with Crippen molar-refractivity contribution in [2.24, 2.45) is 10.8 Å². The second-order valence-electron chi connectivity index (χ2n) is 12.1. The Labute approximate surface area is 220 Å². The van der Waals surface area contributed by atoms with Crippen LogP contribution >= 0.6 is 0 Å². The van der Waals surface area contributed by atoms with Crippen LogP contribution in [0.25, 0.3) is 0 Å². The largest absolute Gasteiger partial charge is 0.457 e. The lowest BCUT2D eigenvalue weighted by Crippen LogP contribution is -2.19. The first-order chi connectivity index (χ1) is 17.1. The van der Waals surface area contributed by atoms with Crippen LogP contribution in [0, 0.1) is 10.8 Å². The summed E-state index contributed by atoms with van der Waals surface area (Å²) in [7, 11) is 0. The Balaban J connectivity index is 1.87. The van der Waals surface area contributed by atoms with E-state index in [1.165, 1.54) is 0 Å². The van der Waals surface area contributed by atoms with Gasteiger partial charge in [-0.25, -0.2) is 0 Å². The summed E-state index contributed by atoms with van der Waals surface area (Å²) in [6, 6.07) is 14.7. The van der Waals surface area contributed by atoms with Gasteiger partial charge in [0.2, 0.25) is 0 Å². The molecule has 37 heavy (non-hydrogen) atoms. The molecule has 0 spiro atoms. The zero-order valence-corrected chi connectivity index (χ0v) is 23.2. The summed E-state index contributed by atoms with van der Waals surface area (Å²) in [4.78, 5) is 48.5. The number of benzene rings is 2. The molecule has 200 valence electrons. The molecule has 0 aliphatic rings. The van der Waals surface area contributed by atoms with Gasteiger partial charge in [-0.2, -0.15) is 0 Å². The number of ketones is 2. The van der Waals surface area contributed by atoms with Gasteiger partial charge in [0, 0.05) is 11.1 Å². The van der Waals surface area contributed by atoms with Crippen molar-refractivity contribution in [3.8, 4) is 0 Å². The molecular formula is C31H40O6. The van der Waals surface area contributed by atoms with Crippen molar-refractivity contribution in [2.45, 2.75) is 73.6 Å². The van der Waals surface area contributed by atoms with Crippen molar-refractivity contribution in [2.75, 3.05) is 13.2 Å². The van der Waals surface area contributed by atoms with E-state index in [1.54, 1.807) is 24.3 Å². The van der Waals surface area contributed by atoms with Crippen LogP contribution in [-0.4, -0.2) is 36.7 Å². The van der Waals surface area contributed by atoms with Crippen molar-refractivity contribution in [3.05, 3.63) is 70.8 Å². The second-order valence-corrected chi connectivity index (χ2v) is 12.1. The average Bonchev–Trinajstić information content (AvgIpc) is 2.79. The van der Waals surface area contributed by atoms with Gasteiger partial charge in [0.05, 0.1) is 12.8 Å². The Kier molecular flexibility index (Phi) is 10.4. The van der Waals surface area contributed by atoms with Crippen molar-refractivity contribution in [3.63, 3.8) is 0 Å². The topological polar surface area (TPSA) is 86.7 Å². The molecule has 0 aliphatic heterocycles. The Morgan fingerprint density at radius 1 is 0.649 bits per heavy atom. The van der Waals surface area contributed by atoms with Gasteiger partial charge in [-0.15, -0.1) is 0 Å². The molecule has 1 atom stereocenters. The number of rotatable bonds is 11. The first kappa shape index (κ1) is 29.9. The molecule has 6 nitrogen and oxygen atoms in total. The van der Waals surface area contributed by atoms with E-state index in [2.05, 4.69) is 6.92 Å². The minimum atomic E-state index is -0.375. The number of carbonyl (C=O) groups excluding carboxylic acids is 4. The van der Waals surface area contributed by atoms with E-state index in [9.17, 15) is 19.2 Å². The highest BCUT2D eigenvalue weighted by atomic mass is 16.5. The third-order valence-electron chi connectivity index (χ3n) is 5.70. The van der Waals surface area contributed by atoms with Crippen molar-refractivity contribution < 1.29 is 28.7 Å². The molecule has 0 aromatic heterocycles. The Morgan fingerprint density at radius 2 is 1.03 bits per heavy atom. The van der Waals surface area contributed by atoms with E-state index >= 15 is 0 Å². The molecule has 6 heteroatoms. The van der Waals surface area contributed by atoms with Crippen LogP contribution in [-0.2, 0) is 25.5 Å². The maximum Gasteiger partial charge on any atom is 0.306 e. The first-order valence-corrected chi connectivity index (χ1v) is 12.7. The van der Waals surface area contributed by atoms with Crippen molar-refractivity contribution in [1.82, 2.24) is 0 Å². The fourth-order valence-corrected chi connectivity index (χ4v) is 3.72. The highest BCUT2D eigenvalue weighted by molar-refractivity contribution is 5.98. The fraction of sp³-hybridized carbons (Fsp3) is 0.484. The molecule has 0 N–H and O–H groups in total. The molecule has 0 radical (unpaired) electrons. The third-order valence-corrected chi connectivity index (χ3v) is 5.70. The van der Waals surface area contributed by atoms with Crippen LogP contribution in [0.3, 0.4) is 0 Å². The molecule has 0 unspecified atom stereocenters. The van der Waals surface area contributed by atoms with E-state index in [4.69, 9.17) is 9.47 Å².